The van der Waals surface area contributed by atoms with E-state index in [2.05, 4.69) is 27.6 Å². The lowest BCUT2D eigenvalue weighted by molar-refractivity contribution is 0.315. The second kappa shape index (κ2) is 6.93. The van der Waals surface area contributed by atoms with Crippen LogP contribution in [0.5, 0.6) is 5.75 Å². The Kier molecular flexibility index (Phi) is 4.33. The summed E-state index contributed by atoms with van der Waals surface area (Å²) in [6.07, 6.45) is 5.27. The van der Waals surface area contributed by atoms with E-state index < -0.39 is 0 Å². The first-order chi connectivity index (χ1) is 12.3. The van der Waals surface area contributed by atoms with Crippen LogP contribution in [0.25, 0.3) is 0 Å². The van der Waals surface area contributed by atoms with E-state index >= 15 is 0 Å². The summed E-state index contributed by atoms with van der Waals surface area (Å²) >= 11 is 0. The number of rotatable bonds is 4. The lowest BCUT2D eigenvalue weighted by Crippen LogP contribution is -2.10. The van der Waals surface area contributed by atoms with Crippen LogP contribution in [0.1, 0.15) is 30.0 Å². The molecule has 0 amide bonds. The molecule has 128 valence electrons. The molecule has 0 fully saturated rings. The molecule has 1 atom stereocenters. The number of ether oxygens (including phenoxy) is 1. The summed E-state index contributed by atoms with van der Waals surface area (Å²) in [7, 11) is 0. The van der Waals surface area contributed by atoms with Crippen molar-refractivity contribution < 1.29 is 9.13 Å². The Bertz CT molecular complexity index is 850. The van der Waals surface area contributed by atoms with Gasteiger partial charge in [-0.25, -0.2) is 4.39 Å². The minimum absolute atomic E-state index is 0.100. The Hall–Kier alpha value is -2.89. The van der Waals surface area contributed by atoms with E-state index in [4.69, 9.17) is 4.74 Å². The van der Waals surface area contributed by atoms with Crippen molar-refractivity contribution in [3.05, 3.63) is 72.1 Å². The molecule has 1 N–H and O–H groups in total. The first kappa shape index (κ1) is 15.6. The summed E-state index contributed by atoms with van der Waals surface area (Å²) in [6, 6.07) is 13.1. The summed E-state index contributed by atoms with van der Waals surface area (Å²) in [4.78, 5) is 0. The summed E-state index contributed by atoms with van der Waals surface area (Å²) in [5.41, 5.74) is 3.20. The van der Waals surface area contributed by atoms with Crippen molar-refractivity contribution in [2.24, 2.45) is 0 Å². The zero-order valence-corrected chi connectivity index (χ0v) is 13.7. The molecule has 0 saturated heterocycles. The molecule has 1 aliphatic heterocycles. The van der Waals surface area contributed by atoms with Crippen LogP contribution in [0.2, 0.25) is 0 Å². The van der Waals surface area contributed by atoms with E-state index in [0.717, 1.165) is 36.2 Å². The summed E-state index contributed by atoms with van der Waals surface area (Å²) < 4.78 is 21.1. The molecular weight excluding hydrogens is 319 g/mol. The largest absolute Gasteiger partial charge is 0.493 e. The van der Waals surface area contributed by atoms with Crippen molar-refractivity contribution in [1.29, 1.82) is 0 Å². The molecule has 25 heavy (non-hydrogen) atoms. The van der Waals surface area contributed by atoms with E-state index in [9.17, 15) is 4.39 Å². The Labute approximate surface area is 145 Å². The average molecular weight is 338 g/mol. The highest BCUT2D eigenvalue weighted by molar-refractivity contribution is 5.50. The Morgan fingerprint density at radius 2 is 2.04 bits per heavy atom. The maximum atomic E-state index is 13.5. The van der Waals surface area contributed by atoms with Gasteiger partial charge in [0.1, 0.15) is 24.2 Å². The van der Waals surface area contributed by atoms with Gasteiger partial charge >= 0.3 is 0 Å². The van der Waals surface area contributed by atoms with Crippen LogP contribution in [-0.4, -0.2) is 21.4 Å². The molecule has 1 aromatic heterocycles. The van der Waals surface area contributed by atoms with Crippen molar-refractivity contribution in [2.75, 3.05) is 11.9 Å². The molecule has 0 bridgehead atoms. The number of nitrogens with zero attached hydrogens (tertiary/aromatic N) is 3. The van der Waals surface area contributed by atoms with Crippen LogP contribution in [0.15, 0.2) is 55.1 Å². The van der Waals surface area contributed by atoms with E-state index in [1.165, 1.54) is 12.1 Å². The standard InChI is InChI=1S/C19H19FN4O/c20-15-6-7-17-18(5-2-8-25-19(17)10-15)23-16-4-1-3-14(9-16)11-24-12-21-22-13-24/h1,3-4,6-7,9-10,12-13,18,23H,2,5,8,11H2/t18-/m1/s1. The van der Waals surface area contributed by atoms with E-state index in [-0.39, 0.29) is 11.9 Å². The maximum Gasteiger partial charge on any atom is 0.127 e. The van der Waals surface area contributed by atoms with Gasteiger partial charge in [-0.05, 0) is 36.6 Å². The predicted molar refractivity (Wildman–Crippen MR) is 93.1 cm³/mol. The third-order valence-electron chi connectivity index (χ3n) is 4.35. The zero-order chi connectivity index (χ0) is 17.1. The van der Waals surface area contributed by atoms with Crippen molar-refractivity contribution >= 4 is 5.69 Å². The fourth-order valence-corrected chi connectivity index (χ4v) is 3.17. The Morgan fingerprint density at radius 3 is 2.92 bits per heavy atom. The number of hydrogen-bond acceptors (Lipinski definition) is 4. The van der Waals surface area contributed by atoms with Crippen molar-refractivity contribution in [3.63, 3.8) is 0 Å². The summed E-state index contributed by atoms with van der Waals surface area (Å²) in [5, 5.41) is 11.2. The normalized spacial score (nSPS) is 16.6. The molecule has 0 spiro atoms. The second-order valence-corrected chi connectivity index (χ2v) is 6.20. The molecule has 2 aromatic carbocycles. The van der Waals surface area contributed by atoms with E-state index in [1.54, 1.807) is 12.7 Å². The highest BCUT2D eigenvalue weighted by Crippen LogP contribution is 2.34. The van der Waals surface area contributed by atoms with Gasteiger partial charge in [0.05, 0.1) is 19.2 Å². The smallest absolute Gasteiger partial charge is 0.127 e. The quantitative estimate of drug-likeness (QED) is 0.786. The number of hydrogen-bond donors (Lipinski definition) is 1. The van der Waals surface area contributed by atoms with Crippen molar-refractivity contribution in [3.8, 4) is 5.75 Å². The van der Waals surface area contributed by atoms with Crippen LogP contribution in [0.4, 0.5) is 10.1 Å². The minimum Gasteiger partial charge on any atom is -0.493 e. The number of benzene rings is 2. The molecule has 1 aliphatic rings. The monoisotopic (exact) mass is 338 g/mol. The van der Waals surface area contributed by atoms with Crippen LogP contribution in [-0.2, 0) is 6.54 Å². The van der Waals surface area contributed by atoms with Gasteiger partial charge in [-0.1, -0.05) is 18.2 Å². The molecule has 2 heterocycles. The van der Waals surface area contributed by atoms with Gasteiger partial charge in [0.25, 0.3) is 0 Å². The number of anilines is 1. The summed E-state index contributed by atoms with van der Waals surface area (Å²) in [6.45, 7) is 1.33. The highest BCUT2D eigenvalue weighted by atomic mass is 19.1. The van der Waals surface area contributed by atoms with Gasteiger partial charge in [-0.3, -0.25) is 0 Å². The fraction of sp³-hybridized carbons (Fsp3) is 0.263. The molecule has 0 unspecified atom stereocenters. The molecule has 0 aliphatic carbocycles. The SMILES string of the molecule is Fc1ccc2c(c1)OCCC[C@H]2Nc1cccc(Cn2cnnc2)c1. The number of nitrogens with one attached hydrogen (secondary N) is 1. The third kappa shape index (κ3) is 3.63. The van der Waals surface area contributed by atoms with Crippen molar-refractivity contribution in [1.82, 2.24) is 14.8 Å². The molecule has 0 saturated carbocycles. The van der Waals surface area contributed by atoms with E-state index in [1.807, 2.05) is 22.8 Å². The van der Waals surface area contributed by atoms with Gasteiger partial charge in [0, 0.05) is 17.3 Å². The zero-order valence-electron chi connectivity index (χ0n) is 13.7. The lowest BCUT2D eigenvalue weighted by atomic mass is 10.0. The second-order valence-electron chi connectivity index (χ2n) is 6.20. The topological polar surface area (TPSA) is 52.0 Å². The minimum atomic E-state index is -0.268. The molecule has 5 nitrogen and oxygen atoms in total. The first-order valence-corrected chi connectivity index (χ1v) is 8.38. The van der Waals surface area contributed by atoms with Gasteiger partial charge < -0.3 is 14.6 Å². The Balaban J connectivity index is 1.56. The number of fused-ring (bicyclic) bond motifs is 1. The Morgan fingerprint density at radius 1 is 1.16 bits per heavy atom. The summed E-state index contributed by atoms with van der Waals surface area (Å²) in [5.74, 6) is 0.367. The molecular formula is C19H19FN4O. The number of halogens is 1. The molecule has 4 rings (SSSR count). The lowest BCUT2D eigenvalue weighted by Gasteiger charge is -2.20. The average Bonchev–Trinajstić information content (AvgIpc) is 3.03. The molecule has 0 radical (unpaired) electrons. The van der Waals surface area contributed by atoms with Crippen LogP contribution < -0.4 is 10.1 Å². The fourth-order valence-electron chi connectivity index (χ4n) is 3.17. The van der Waals surface area contributed by atoms with Gasteiger partial charge in [-0.15, -0.1) is 10.2 Å². The first-order valence-electron chi connectivity index (χ1n) is 8.38. The van der Waals surface area contributed by atoms with Crippen molar-refractivity contribution in [2.45, 2.75) is 25.4 Å². The van der Waals surface area contributed by atoms with Crippen LogP contribution in [0.3, 0.4) is 0 Å². The number of aromatic nitrogens is 3. The highest BCUT2D eigenvalue weighted by Gasteiger charge is 2.20. The van der Waals surface area contributed by atoms with Crippen LogP contribution in [0, 0.1) is 5.82 Å². The molecule has 6 heteroatoms. The van der Waals surface area contributed by atoms with Gasteiger partial charge in [0.15, 0.2) is 0 Å². The van der Waals surface area contributed by atoms with Crippen LogP contribution >= 0.6 is 0 Å². The van der Waals surface area contributed by atoms with Gasteiger partial charge in [0.2, 0.25) is 0 Å². The molecule has 3 aromatic rings. The van der Waals surface area contributed by atoms with Gasteiger partial charge in [-0.2, -0.15) is 0 Å². The van der Waals surface area contributed by atoms with E-state index in [0.29, 0.717) is 12.4 Å². The maximum absolute atomic E-state index is 13.5. The predicted octanol–water partition coefficient (Wildman–Crippen LogP) is 3.79. The third-order valence-corrected chi connectivity index (χ3v) is 4.35.